The minimum atomic E-state index is 0.185. The standard InChI is InChI=1S/C18H12BrN3OS/c19-12-7-5-11(6-8-12)13-9-24-18-16(13)17(20-10-21-18)22-14-3-1-2-4-15(14)23/h1-10,23H,(H,20,21,22). The highest BCUT2D eigenvalue weighted by atomic mass is 79.9. The zero-order chi connectivity index (χ0) is 16.5. The molecule has 2 heterocycles. The molecule has 2 N–H and O–H groups in total. The summed E-state index contributed by atoms with van der Waals surface area (Å²) in [5.74, 6) is 0.866. The van der Waals surface area contributed by atoms with Crippen molar-refractivity contribution in [1.82, 2.24) is 9.97 Å². The van der Waals surface area contributed by atoms with E-state index in [0.29, 0.717) is 11.5 Å². The largest absolute Gasteiger partial charge is 0.506 e. The van der Waals surface area contributed by atoms with Crippen molar-refractivity contribution in [3.05, 3.63) is 64.7 Å². The van der Waals surface area contributed by atoms with E-state index in [1.165, 1.54) is 6.33 Å². The molecule has 0 saturated heterocycles. The quantitative estimate of drug-likeness (QED) is 0.443. The van der Waals surface area contributed by atoms with Gasteiger partial charge in [-0.3, -0.25) is 0 Å². The van der Waals surface area contributed by atoms with Gasteiger partial charge in [0, 0.05) is 15.4 Å². The van der Waals surface area contributed by atoms with Gasteiger partial charge in [-0.1, -0.05) is 40.2 Å². The first-order valence-corrected chi connectivity index (χ1v) is 8.93. The van der Waals surface area contributed by atoms with E-state index < -0.39 is 0 Å². The summed E-state index contributed by atoms with van der Waals surface area (Å²) < 4.78 is 1.04. The number of rotatable bonds is 3. The van der Waals surface area contributed by atoms with Gasteiger partial charge in [-0.05, 0) is 29.8 Å². The third-order valence-electron chi connectivity index (χ3n) is 3.68. The number of aromatic hydroxyl groups is 1. The lowest BCUT2D eigenvalue weighted by molar-refractivity contribution is 0.478. The first-order valence-electron chi connectivity index (χ1n) is 7.25. The first kappa shape index (κ1) is 15.1. The molecule has 24 heavy (non-hydrogen) atoms. The Morgan fingerprint density at radius 3 is 2.58 bits per heavy atom. The number of benzene rings is 2. The van der Waals surface area contributed by atoms with Crippen LogP contribution >= 0.6 is 27.3 Å². The minimum Gasteiger partial charge on any atom is -0.506 e. The molecule has 0 amide bonds. The van der Waals surface area contributed by atoms with Crippen LogP contribution < -0.4 is 5.32 Å². The fraction of sp³-hybridized carbons (Fsp3) is 0. The predicted octanol–water partition coefficient (Wildman–Crippen LogP) is 5.57. The Morgan fingerprint density at radius 1 is 1.00 bits per heavy atom. The molecule has 2 aromatic carbocycles. The van der Waals surface area contributed by atoms with E-state index in [0.717, 1.165) is 25.8 Å². The van der Waals surface area contributed by atoms with E-state index >= 15 is 0 Å². The maximum Gasteiger partial charge on any atom is 0.143 e. The Labute approximate surface area is 151 Å². The van der Waals surface area contributed by atoms with Crippen LogP contribution in [0.5, 0.6) is 5.75 Å². The molecule has 4 nitrogen and oxygen atoms in total. The number of para-hydroxylation sites is 2. The van der Waals surface area contributed by atoms with Crippen molar-refractivity contribution >= 4 is 49.0 Å². The fourth-order valence-electron chi connectivity index (χ4n) is 2.52. The molecule has 2 aromatic heterocycles. The first-order chi connectivity index (χ1) is 11.7. The maximum absolute atomic E-state index is 10.0. The van der Waals surface area contributed by atoms with Crippen molar-refractivity contribution in [1.29, 1.82) is 0 Å². The molecule has 118 valence electrons. The van der Waals surface area contributed by atoms with Crippen LogP contribution in [-0.2, 0) is 0 Å². The average Bonchev–Trinajstić information content (AvgIpc) is 3.03. The lowest BCUT2D eigenvalue weighted by Gasteiger charge is -2.09. The van der Waals surface area contributed by atoms with Gasteiger partial charge in [-0.15, -0.1) is 11.3 Å². The van der Waals surface area contributed by atoms with Crippen molar-refractivity contribution in [3.8, 4) is 16.9 Å². The molecular formula is C18H12BrN3OS. The summed E-state index contributed by atoms with van der Waals surface area (Å²) in [5, 5.41) is 16.3. The second-order valence-electron chi connectivity index (χ2n) is 5.20. The Morgan fingerprint density at radius 2 is 1.79 bits per heavy atom. The zero-order valence-corrected chi connectivity index (χ0v) is 14.8. The van der Waals surface area contributed by atoms with Crippen LogP contribution in [0.1, 0.15) is 0 Å². The maximum atomic E-state index is 10.0. The summed E-state index contributed by atoms with van der Waals surface area (Å²) in [6.07, 6.45) is 1.53. The zero-order valence-electron chi connectivity index (χ0n) is 12.4. The number of fused-ring (bicyclic) bond motifs is 1. The molecule has 0 unspecified atom stereocenters. The van der Waals surface area contributed by atoms with Gasteiger partial charge in [0.15, 0.2) is 0 Å². The Bertz CT molecular complexity index is 1010. The molecular weight excluding hydrogens is 386 g/mol. The van der Waals surface area contributed by atoms with Gasteiger partial charge in [-0.2, -0.15) is 0 Å². The number of phenolic OH excluding ortho intramolecular Hbond substituents is 1. The third kappa shape index (κ3) is 2.74. The van der Waals surface area contributed by atoms with E-state index in [2.05, 4.69) is 48.7 Å². The predicted molar refractivity (Wildman–Crippen MR) is 102 cm³/mol. The summed E-state index contributed by atoms with van der Waals surface area (Å²) in [6.45, 7) is 0. The number of hydrogen-bond acceptors (Lipinski definition) is 5. The van der Waals surface area contributed by atoms with Crippen LogP contribution in [0.25, 0.3) is 21.3 Å². The molecule has 0 atom stereocenters. The van der Waals surface area contributed by atoms with Gasteiger partial charge in [-0.25, -0.2) is 9.97 Å². The monoisotopic (exact) mass is 397 g/mol. The number of nitrogens with one attached hydrogen (secondary N) is 1. The molecule has 6 heteroatoms. The van der Waals surface area contributed by atoms with Gasteiger partial charge in [0.2, 0.25) is 0 Å². The van der Waals surface area contributed by atoms with Crippen LogP contribution in [0.4, 0.5) is 11.5 Å². The highest BCUT2D eigenvalue weighted by Gasteiger charge is 2.14. The van der Waals surface area contributed by atoms with Crippen LogP contribution in [0, 0.1) is 0 Å². The molecule has 4 rings (SSSR count). The van der Waals surface area contributed by atoms with Crippen LogP contribution in [0.15, 0.2) is 64.7 Å². The highest BCUT2D eigenvalue weighted by molar-refractivity contribution is 9.10. The van der Waals surface area contributed by atoms with E-state index in [9.17, 15) is 5.11 Å². The average molecular weight is 398 g/mol. The number of halogens is 1. The van der Waals surface area contributed by atoms with E-state index in [-0.39, 0.29) is 5.75 Å². The Kier molecular flexibility index (Phi) is 3.92. The van der Waals surface area contributed by atoms with E-state index in [4.69, 9.17) is 0 Å². The molecule has 0 spiro atoms. The Balaban J connectivity index is 1.86. The number of aromatic nitrogens is 2. The highest BCUT2D eigenvalue weighted by Crippen LogP contribution is 2.38. The number of hydrogen-bond donors (Lipinski definition) is 2. The summed E-state index contributed by atoms with van der Waals surface area (Å²) in [7, 11) is 0. The van der Waals surface area contributed by atoms with Crippen molar-refractivity contribution in [2.45, 2.75) is 0 Å². The summed E-state index contributed by atoms with van der Waals surface area (Å²) in [6, 6.07) is 15.2. The second-order valence-corrected chi connectivity index (χ2v) is 6.97. The van der Waals surface area contributed by atoms with E-state index in [1.807, 2.05) is 24.3 Å². The second kappa shape index (κ2) is 6.22. The normalized spacial score (nSPS) is 10.9. The molecule has 0 aliphatic rings. The molecule has 4 aromatic rings. The van der Waals surface area contributed by atoms with Gasteiger partial charge >= 0.3 is 0 Å². The van der Waals surface area contributed by atoms with Gasteiger partial charge in [0.05, 0.1) is 11.1 Å². The summed E-state index contributed by atoms with van der Waals surface area (Å²) in [5.41, 5.74) is 2.78. The SMILES string of the molecule is Oc1ccccc1Nc1ncnc2scc(-c3ccc(Br)cc3)c12. The van der Waals surface area contributed by atoms with Crippen molar-refractivity contribution in [3.63, 3.8) is 0 Å². The smallest absolute Gasteiger partial charge is 0.143 e. The van der Waals surface area contributed by atoms with Crippen molar-refractivity contribution in [2.75, 3.05) is 5.32 Å². The van der Waals surface area contributed by atoms with Crippen LogP contribution in [-0.4, -0.2) is 15.1 Å². The van der Waals surface area contributed by atoms with Gasteiger partial charge < -0.3 is 10.4 Å². The number of phenols is 1. The van der Waals surface area contributed by atoms with Crippen LogP contribution in [0.2, 0.25) is 0 Å². The number of anilines is 2. The summed E-state index contributed by atoms with van der Waals surface area (Å²) >= 11 is 5.04. The molecule has 0 aliphatic heterocycles. The minimum absolute atomic E-state index is 0.185. The topological polar surface area (TPSA) is 58.0 Å². The van der Waals surface area contributed by atoms with Gasteiger partial charge in [0.1, 0.15) is 22.7 Å². The summed E-state index contributed by atoms with van der Waals surface area (Å²) in [4.78, 5) is 9.65. The molecule has 0 saturated carbocycles. The molecule has 0 bridgehead atoms. The lowest BCUT2D eigenvalue weighted by Crippen LogP contribution is -1.95. The molecule has 0 aliphatic carbocycles. The molecule has 0 radical (unpaired) electrons. The number of thiophene rings is 1. The van der Waals surface area contributed by atoms with E-state index in [1.54, 1.807) is 23.5 Å². The lowest BCUT2D eigenvalue weighted by atomic mass is 10.1. The van der Waals surface area contributed by atoms with Crippen molar-refractivity contribution in [2.24, 2.45) is 0 Å². The van der Waals surface area contributed by atoms with Gasteiger partial charge in [0.25, 0.3) is 0 Å². The number of nitrogens with zero attached hydrogens (tertiary/aromatic N) is 2. The molecule has 0 fully saturated rings. The third-order valence-corrected chi connectivity index (χ3v) is 5.10. The fourth-order valence-corrected chi connectivity index (χ4v) is 3.70. The Hall–Kier alpha value is -2.44. The van der Waals surface area contributed by atoms with Crippen molar-refractivity contribution < 1.29 is 5.11 Å². The van der Waals surface area contributed by atoms with Crippen LogP contribution in [0.3, 0.4) is 0 Å².